The van der Waals surface area contributed by atoms with Gasteiger partial charge in [0.2, 0.25) is 11.7 Å². The summed E-state index contributed by atoms with van der Waals surface area (Å²) in [6, 6.07) is 0.0865. The first-order valence-electron chi connectivity index (χ1n) is 6.68. The van der Waals surface area contributed by atoms with E-state index in [1.54, 1.807) is 10.9 Å². The molecule has 19 heavy (non-hydrogen) atoms. The fraction of sp³-hybridized carbons (Fsp3) is 0.615. The number of hydrogen-bond acceptors (Lipinski definition) is 5. The molecule has 0 bridgehead atoms. The molecule has 6 nitrogen and oxygen atoms in total. The predicted molar refractivity (Wildman–Crippen MR) is 70.3 cm³/mol. The van der Waals surface area contributed by atoms with Crippen LogP contribution in [0, 0.1) is 0 Å². The SMILES string of the molecule is Cn1cc(-c2noc(C3(C)CCCCC3N)n2)cn1. The van der Waals surface area contributed by atoms with E-state index in [2.05, 4.69) is 22.2 Å². The van der Waals surface area contributed by atoms with Crippen molar-refractivity contribution in [3.63, 3.8) is 0 Å². The quantitative estimate of drug-likeness (QED) is 0.888. The number of aromatic nitrogens is 4. The van der Waals surface area contributed by atoms with E-state index in [0.29, 0.717) is 11.7 Å². The largest absolute Gasteiger partial charge is 0.338 e. The van der Waals surface area contributed by atoms with Crippen LogP contribution in [0.2, 0.25) is 0 Å². The van der Waals surface area contributed by atoms with Crippen LogP contribution in [0.25, 0.3) is 11.4 Å². The summed E-state index contributed by atoms with van der Waals surface area (Å²) in [7, 11) is 1.86. The van der Waals surface area contributed by atoms with E-state index in [9.17, 15) is 0 Å². The van der Waals surface area contributed by atoms with Gasteiger partial charge in [0.25, 0.3) is 0 Å². The highest BCUT2D eigenvalue weighted by Crippen LogP contribution is 2.37. The maximum atomic E-state index is 6.25. The molecule has 0 saturated heterocycles. The van der Waals surface area contributed by atoms with Gasteiger partial charge in [0.1, 0.15) is 0 Å². The monoisotopic (exact) mass is 261 g/mol. The van der Waals surface area contributed by atoms with Gasteiger partial charge in [-0.3, -0.25) is 4.68 Å². The van der Waals surface area contributed by atoms with Crippen molar-refractivity contribution in [1.29, 1.82) is 0 Å². The average Bonchev–Trinajstić information content (AvgIpc) is 3.01. The summed E-state index contributed by atoms with van der Waals surface area (Å²) >= 11 is 0. The maximum Gasteiger partial charge on any atom is 0.234 e. The van der Waals surface area contributed by atoms with Crippen molar-refractivity contribution in [2.75, 3.05) is 0 Å². The van der Waals surface area contributed by atoms with E-state index >= 15 is 0 Å². The molecule has 1 aliphatic carbocycles. The predicted octanol–water partition coefficient (Wildman–Crippen LogP) is 1.63. The van der Waals surface area contributed by atoms with Crippen LogP contribution in [0.5, 0.6) is 0 Å². The van der Waals surface area contributed by atoms with Gasteiger partial charge < -0.3 is 10.3 Å². The third-order valence-corrected chi connectivity index (χ3v) is 4.16. The van der Waals surface area contributed by atoms with Crippen LogP contribution in [0.3, 0.4) is 0 Å². The molecule has 2 unspecified atom stereocenters. The third-order valence-electron chi connectivity index (χ3n) is 4.16. The van der Waals surface area contributed by atoms with Gasteiger partial charge in [0.05, 0.1) is 17.2 Å². The molecule has 2 heterocycles. The van der Waals surface area contributed by atoms with Gasteiger partial charge in [-0.05, 0) is 19.8 Å². The molecule has 1 saturated carbocycles. The second-order valence-corrected chi connectivity index (χ2v) is 5.60. The lowest BCUT2D eigenvalue weighted by molar-refractivity contribution is 0.203. The van der Waals surface area contributed by atoms with E-state index in [4.69, 9.17) is 10.3 Å². The normalized spacial score (nSPS) is 27.6. The van der Waals surface area contributed by atoms with Crippen LogP contribution in [-0.2, 0) is 12.5 Å². The lowest BCUT2D eigenvalue weighted by Crippen LogP contribution is -2.45. The van der Waals surface area contributed by atoms with Crippen molar-refractivity contribution in [3.05, 3.63) is 18.3 Å². The zero-order valence-electron chi connectivity index (χ0n) is 11.3. The molecule has 3 rings (SSSR count). The molecule has 0 amide bonds. The van der Waals surface area contributed by atoms with Gasteiger partial charge in [-0.15, -0.1) is 0 Å². The maximum absolute atomic E-state index is 6.25. The Morgan fingerprint density at radius 3 is 3.00 bits per heavy atom. The van der Waals surface area contributed by atoms with Gasteiger partial charge in [0, 0.05) is 19.3 Å². The second-order valence-electron chi connectivity index (χ2n) is 5.60. The molecule has 0 radical (unpaired) electrons. The van der Waals surface area contributed by atoms with Gasteiger partial charge in [0.15, 0.2) is 0 Å². The fourth-order valence-electron chi connectivity index (χ4n) is 2.74. The first-order valence-corrected chi connectivity index (χ1v) is 6.68. The molecule has 0 spiro atoms. The molecule has 2 aromatic rings. The molecule has 0 aromatic carbocycles. The summed E-state index contributed by atoms with van der Waals surface area (Å²) in [6.45, 7) is 2.12. The van der Waals surface area contributed by atoms with Crippen LogP contribution in [0.15, 0.2) is 16.9 Å². The van der Waals surface area contributed by atoms with E-state index < -0.39 is 0 Å². The minimum Gasteiger partial charge on any atom is -0.338 e. The summed E-state index contributed by atoms with van der Waals surface area (Å²) in [5.74, 6) is 1.24. The number of aryl methyl sites for hydroxylation is 1. The first kappa shape index (κ1) is 12.3. The Morgan fingerprint density at radius 1 is 1.47 bits per heavy atom. The van der Waals surface area contributed by atoms with Crippen LogP contribution in [-0.4, -0.2) is 26.0 Å². The van der Waals surface area contributed by atoms with Gasteiger partial charge in [-0.2, -0.15) is 10.1 Å². The molecule has 1 aliphatic rings. The smallest absolute Gasteiger partial charge is 0.234 e. The third kappa shape index (κ3) is 2.06. The molecule has 2 aromatic heterocycles. The number of rotatable bonds is 2. The topological polar surface area (TPSA) is 82.8 Å². The zero-order valence-corrected chi connectivity index (χ0v) is 11.3. The van der Waals surface area contributed by atoms with E-state index in [-0.39, 0.29) is 11.5 Å². The van der Waals surface area contributed by atoms with Crippen molar-refractivity contribution in [1.82, 2.24) is 19.9 Å². The Balaban J connectivity index is 1.92. The van der Waals surface area contributed by atoms with Crippen molar-refractivity contribution in [2.24, 2.45) is 12.8 Å². The molecule has 2 N–H and O–H groups in total. The molecule has 0 aliphatic heterocycles. The average molecular weight is 261 g/mol. The molecule has 1 fully saturated rings. The highest BCUT2D eigenvalue weighted by Gasteiger charge is 2.40. The highest BCUT2D eigenvalue weighted by molar-refractivity contribution is 5.51. The molecule has 2 atom stereocenters. The summed E-state index contributed by atoms with van der Waals surface area (Å²) in [5.41, 5.74) is 6.92. The Hall–Kier alpha value is -1.69. The Labute approximate surface area is 112 Å². The lowest BCUT2D eigenvalue weighted by atomic mass is 9.72. The Morgan fingerprint density at radius 2 is 2.32 bits per heavy atom. The van der Waals surface area contributed by atoms with Crippen LogP contribution in [0.4, 0.5) is 0 Å². The summed E-state index contributed by atoms with van der Waals surface area (Å²) in [4.78, 5) is 4.53. The second kappa shape index (κ2) is 4.45. The minimum absolute atomic E-state index is 0.0865. The minimum atomic E-state index is -0.203. The standard InChI is InChI=1S/C13H19N5O/c1-13(6-4-3-5-10(13)14)12-16-11(17-19-12)9-7-15-18(2)8-9/h7-8,10H,3-6,14H2,1-2H3. The number of nitrogens with zero attached hydrogens (tertiary/aromatic N) is 4. The van der Waals surface area contributed by atoms with Gasteiger partial charge in [-0.1, -0.05) is 18.0 Å². The fourth-order valence-corrected chi connectivity index (χ4v) is 2.74. The van der Waals surface area contributed by atoms with Crippen molar-refractivity contribution >= 4 is 0 Å². The summed E-state index contributed by atoms with van der Waals surface area (Å²) in [5, 5.41) is 8.18. The van der Waals surface area contributed by atoms with Gasteiger partial charge >= 0.3 is 0 Å². The highest BCUT2D eigenvalue weighted by atomic mass is 16.5. The molecule has 102 valence electrons. The molecular weight excluding hydrogens is 242 g/mol. The van der Waals surface area contributed by atoms with Crippen LogP contribution < -0.4 is 5.73 Å². The first-order chi connectivity index (χ1) is 9.09. The van der Waals surface area contributed by atoms with Crippen molar-refractivity contribution < 1.29 is 4.52 Å². The zero-order chi connectivity index (χ0) is 13.5. The van der Waals surface area contributed by atoms with E-state index in [1.807, 2.05) is 13.2 Å². The molecule has 6 heteroatoms. The van der Waals surface area contributed by atoms with Crippen molar-refractivity contribution in [3.8, 4) is 11.4 Å². The number of hydrogen-bond donors (Lipinski definition) is 1. The van der Waals surface area contributed by atoms with Gasteiger partial charge in [-0.25, -0.2) is 0 Å². The van der Waals surface area contributed by atoms with E-state index in [0.717, 1.165) is 24.8 Å². The van der Waals surface area contributed by atoms with Crippen LogP contribution in [0.1, 0.15) is 38.5 Å². The number of nitrogens with two attached hydrogens (primary N) is 1. The molecular formula is C13H19N5O. The Kier molecular flexibility index (Phi) is 2.89. The summed E-state index contributed by atoms with van der Waals surface area (Å²) in [6.07, 6.45) is 7.97. The van der Waals surface area contributed by atoms with Crippen molar-refractivity contribution in [2.45, 2.75) is 44.1 Å². The lowest BCUT2D eigenvalue weighted by Gasteiger charge is -2.35. The Bertz CT molecular complexity index is 575. The van der Waals surface area contributed by atoms with E-state index in [1.165, 1.54) is 6.42 Å². The van der Waals surface area contributed by atoms with Crippen LogP contribution >= 0.6 is 0 Å². The summed E-state index contributed by atoms with van der Waals surface area (Å²) < 4.78 is 7.18.